The molecule has 0 saturated heterocycles. The number of fused-ring (bicyclic) bond motifs is 10. The highest BCUT2D eigenvalue weighted by molar-refractivity contribution is 7.25. The summed E-state index contributed by atoms with van der Waals surface area (Å²) in [7, 11) is 0. The van der Waals surface area contributed by atoms with Crippen LogP contribution in [-0.4, -0.2) is 20.8 Å². The zero-order valence-electron chi connectivity index (χ0n) is 33.6. The number of nitrogens with zero attached hydrogens (tertiary/aromatic N) is 4. The lowest BCUT2D eigenvalue weighted by molar-refractivity contribution is 1.18. The Morgan fingerprint density at radius 2 is 1.10 bits per heavy atom. The fourth-order valence-corrected chi connectivity index (χ4v) is 10.0. The second-order valence-corrected chi connectivity index (χ2v) is 16.7. The van der Waals surface area contributed by atoms with Crippen molar-refractivity contribution in [3.05, 3.63) is 205 Å². The molecule has 5 heteroatoms. The third-order valence-corrected chi connectivity index (χ3v) is 12.8. The number of hydrogen-bond donors (Lipinski definition) is 0. The van der Waals surface area contributed by atoms with Crippen molar-refractivity contribution >= 4 is 92.5 Å². The smallest absolute Gasteiger partial charge is 0.235 e. The quantitative estimate of drug-likeness (QED) is 0.123. The molecule has 11 rings (SSSR count). The highest BCUT2D eigenvalue weighted by Gasteiger charge is 2.23. The molecule has 11 aromatic rings. The molecule has 286 valence electrons. The van der Waals surface area contributed by atoms with Crippen LogP contribution in [0.4, 0.5) is 0 Å². The van der Waals surface area contributed by atoms with Crippen molar-refractivity contribution < 1.29 is 0 Å². The minimum atomic E-state index is 0.614. The van der Waals surface area contributed by atoms with Gasteiger partial charge in [-0.05, 0) is 85.5 Å². The molecule has 8 aromatic carbocycles. The molecule has 0 radical (unpaired) electrons. The van der Waals surface area contributed by atoms with Crippen LogP contribution in [0, 0.1) is 0 Å². The Morgan fingerprint density at radius 1 is 0.450 bits per heavy atom. The number of thiophene rings is 1. The zero-order chi connectivity index (χ0) is 40.3. The van der Waals surface area contributed by atoms with Crippen LogP contribution >= 0.6 is 11.3 Å². The molecule has 3 heterocycles. The zero-order valence-corrected chi connectivity index (χ0v) is 34.4. The average molecular weight is 789 g/mol. The molecular formula is C55H40N4S. The van der Waals surface area contributed by atoms with E-state index in [0.717, 1.165) is 66.6 Å². The number of hydrogen-bond acceptors (Lipinski definition) is 2. The first kappa shape index (κ1) is 35.8. The second kappa shape index (κ2) is 14.5. The van der Waals surface area contributed by atoms with E-state index in [0.29, 0.717) is 5.96 Å². The van der Waals surface area contributed by atoms with Crippen molar-refractivity contribution in [2.24, 2.45) is 9.98 Å². The van der Waals surface area contributed by atoms with Gasteiger partial charge in [0.1, 0.15) is 0 Å². The van der Waals surface area contributed by atoms with Gasteiger partial charge in [-0.2, -0.15) is 0 Å². The van der Waals surface area contributed by atoms with Crippen LogP contribution in [0.1, 0.15) is 31.9 Å². The van der Waals surface area contributed by atoms with Crippen LogP contribution in [0.5, 0.6) is 0 Å². The van der Waals surface area contributed by atoms with Gasteiger partial charge in [0.05, 0.1) is 27.8 Å². The van der Waals surface area contributed by atoms with Gasteiger partial charge in [0.15, 0.2) is 0 Å². The molecule has 3 aromatic heterocycles. The molecular weight excluding hydrogens is 749 g/mol. The minimum Gasteiger partial charge on any atom is -0.309 e. The molecule has 0 fully saturated rings. The fourth-order valence-electron chi connectivity index (χ4n) is 8.90. The van der Waals surface area contributed by atoms with Crippen molar-refractivity contribution in [3.63, 3.8) is 0 Å². The minimum absolute atomic E-state index is 0.614. The Balaban J connectivity index is 1.21. The maximum Gasteiger partial charge on any atom is 0.235 e. The van der Waals surface area contributed by atoms with Crippen LogP contribution in [0.15, 0.2) is 204 Å². The Bertz CT molecular complexity index is 3560. The van der Waals surface area contributed by atoms with E-state index in [1.54, 1.807) is 0 Å². The summed E-state index contributed by atoms with van der Waals surface area (Å²) in [5.41, 5.74) is 12.9. The van der Waals surface area contributed by atoms with E-state index >= 15 is 0 Å². The highest BCUT2D eigenvalue weighted by atomic mass is 32.1. The van der Waals surface area contributed by atoms with E-state index in [-0.39, 0.29) is 0 Å². The SMILES string of the molecule is CC(C)=C(/N=C(\N=C(/C)c1ccc2c(c1)sc1ccccc12)n1c2ccccc2c2c1ccc1c3ccccc3n(-c3cccc(-c4ccccc4)c3)c12)c1ccccc1. The van der Waals surface area contributed by atoms with Gasteiger partial charge < -0.3 is 4.57 Å². The summed E-state index contributed by atoms with van der Waals surface area (Å²) in [4.78, 5) is 11.1. The van der Waals surface area contributed by atoms with Crippen LogP contribution in [0.2, 0.25) is 0 Å². The van der Waals surface area contributed by atoms with Crippen molar-refractivity contribution in [1.82, 2.24) is 9.13 Å². The Kier molecular flexibility index (Phi) is 8.64. The predicted molar refractivity (Wildman–Crippen MR) is 258 cm³/mol. The number of aliphatic imine (C=N–C) groups is 2. The van der Waals surface area contributed by atoms with Gasteiger partial charge in [-0.3, -0.25) is 4.57 Å². The van der Waals surface area contributed by atoms with E-state index in [9.17, 15) is 0 Å². The van der Waals surface area contributed by atoms with Gasteiger partial charge in [0.2, 0.25) is 5.96 Å². The third-order valence-electron chi connectivity index (χ3n) is 11.7. The molecule has 0 saturated carbocycles. The molecule has 0 aliphatic rings. The van der Waals surface area contributed by atoms with Gasteiger partial charge in [0.25, 0.3) is 0 Å². The standard InChI is InChI=1S/C55H40N4S/c1-35(2)53(38-19-8-5-9-20-38)57-55(56-36(3)39-29-30-44-43-24-12-15-28-50(43)60-51(44)34-39)59-48-27-14-11-25-46(48)52-49(59)32-31-45-42-23-10-13-26-47(42)58(54(45)52)41-22-16-21-40(33-41)37-17-6-4-7-18-37/h4-34H,1-3H3/b56-36+,57-55+. The van der Waals surface area contributed by atoms with E-state index < -0.39 is 0 Å². The number of aromatic nitrogens is 2. The molecule has 0 N–H and O–H groups in total. The molecule has 0 aliphatic carbocycles. The third kappa shape index (κ3) is 5.89. The molecule has 0 atom stereocenters. The molecule has 4 nitrogen and oxygen atoms in total. The van der Waals surface area contributed by atoms with Gasteiger partial charge in [-0.1, -0.05) is 146 Å². The molecule has 0 spiro atoms. The lowest BCUT2D eigenvalue weighted by atomic mass is 10.0. The first-order chi connectivity index (χ1) is 29.5. The van der Waals surface area contributed by atoms with Crippen LogP contribution < -0.4 is 0 Å². The van der Waals surface area contributed by atoms with Crippen molar-refractivity contribution in [2.45, 2.75) is 20.8 Å². The van der Waals surface area contributed by atoms with Gasteiger partial charge in [0, 0.05) is 58.7 Å². The molecule has 0 bridgehead atoms. The average Bonchev–Trinajstić information content (AvgIpc) is 3.95. The normalized spacial score (nSPS) is 12.4. The topological polar surface area (TPSA) is 34.6 Å². The number of benzene rings is 8. The van der Waals surface area contributed by atoms with Gasteiger partial charge in [-0.25, -0.2) is 9.98 Å². The Labute approximate surface area is 352 Å². The number of rotatable bonds is 5. The molecule has 60 heavy (non-hydrogen) atoms. The summed E-state index contributed by atoms with van der Waals surface area (Å²) in [5.74, 6) is 0.614. The van der Waals surface area contributed by atoms with Gasteiger partial charge >= 0.3 is 0 Å². The largest absolute Gasteiger partial charge is 0.309 e. The molecule has 0 aliphatic heterocycles. The number of para-hydroxylation sites is 2. The van der Waals surface area contributed by atoms with Crippen molar-refractivity contribution in [1.29, 1.82) is 0 Å². The Morgan fingerprint density at radius 3 is 1.90 bits per heavy atom. The molecule has 0 amide bonds. The summed E-state index contributed by atoms with van der Waals surface area (Å²) in [6, 6.07) is 67.4. The van der Waals surface area contributed by atoms with Crippen LogP contribution in [0.25, 0.3) is 86.3 Å². The first-order valence-electron chi connectivity index (χ1n) is 20.4. The maximum atomic E-state index is 5.57. The highest BCUT2D eigenvalue weighted by Crippen LogP contribution is 2.42. The van der Waals surface area contributed by atoms with E-state index in [2.05, 4.69) is 218 Å². The summed E-state index contributed by atoms with van der Waals surface area (Å²) < 4.78 is 7.27. The van der Waals surface area contributed by atoms with Crippen molar-refractivity contribution in [2.75, 3.05) is 0 Å². The monoisotopic (exact) mass is 788 g/mol. The number of allylic oxidation sites excluding steroid dienone is 1. The van der Waals surface area contributed by atoms with E-state index in [1.165, 1.54) is 42.1 Å². The first-order valence-corrected chi connectivity index (χ1v) is 21.2. The lowest BCUT2D eigenvalue weighted by Gasteiger charge is -2.13. The van der Waals surface area contributed by atoms with E-state index in [1.807, 2.05) is 11.3 Å². The second-order valence-electron chi connectivity index (χ2n) is 15.6. The predicted octanol–water partition coefficient (Wildman–Crippen LogP) is 15.1. The lowest BCUT2D eigenvalue weighted by Crippen LogP contribution is -2.13. The summed E-state index contributed by atoms with van der Waals surface area (Å²) in [5, 5.41) is 7.29. The fraction of sp³-hybridized carbons (Fsp3) is 0.0545. The summed E-state index contributed by atoms with van der Waals surface area (Å²) in [6.45, 7) is 6.37. The van der Waals surface area contributed by atoms with E-state index in [4.69, 9.17) is 9.98 Å². The van der Waals surface area contributed by atoms with Crippen LogP contribution in [-0.2, 0) is 0 Å². The van der Waals surface area contributed by atoms with Crippen LogP contribution in [0.3, 0.4) is 0 Å². The van der Waals surface area contributed by atoms with Gasteiger partial charge in [-0.15, -0.1) is 11.3 Å². The van der Waals surface area contributed by atoms with Crippen molar-refractivity contribution in [3.8, 4) is 16.8 Å². The maximum absolute atomic E-state index is 5.57. The Hall–Kier alpha value is -7.34. The summed E-state index contributed by atoms with van der Waals surface area (Å²) in [6.07, 6.45) is 0. The molecule has 0 unspecified atom stereocenters. The summed E-state index contributed by atoms with van der Waals surface area (Å²) >= 11 is 1.83.